The van der Waals surface area contributed by atoms with Gasteiger partial charge in [0.1, 0.15) is 0 Å². The van der Waals surface area contributed by atoms with Crippen molar-refractivity contribution < 1.29 is 9.90 Å². The zero-order valence-corrected chi connectivity index (χ0v) is 11.4. The molecule has 2 N–H and O–H groups in total. The highest BCUT2D eigenvalue weighted by atomic mass is 35.5. The third kappa shape index (κ3) is 3.40. The third-order valence-corrected chi connectivity index (χ3v) is 3.45. The first-order valence-electron chi connectivity index (χ1n) is 5.58. The van der Waals surface area contributed by atoms with Crippen molar-refractivity contribution in [2.24, 2.45) is 0 Å². The van der Waals surface area contributed by atoms with Gasteiger partial charge >= 0.3 is 5.97 Å². The molecular formula is C14H11Cl2NO2. The van der Waals surface area contributed by atoms with E-state index in [2.05, 4.69) is 5.32 Å². The Morgan fingerprint density at radius 1 is 1.11 bits per heavy atom. The number of nitrogens with one attached hydrogen (secondary N) is 1. The minimum atomic E-state index is -0.933. The van der Waals surface area contributed by atoms with Gasteiger partial charge in [0.25, 0.3) is 0 Å². The molecule has 0 heterocycles. The van der Waals surface area contributed by atoms with Gasteiger partial charge in [0.2, 0.25) is 0 Å². The Balaban J connectivity index is 2.06. The Bertz CT molecular complexity index is 597. The number of carboxylic acids is 1. The first-order valence-corrected chi connectivity index (χ1v) is 6.33. The number of carboxylic acid groups (broad SMARTS) is 1. The lowest BCUT2D eigenvalue weighted by atomic mass is 10.1. The second-order valence-electron chi connectivity index (χ2n) is 3.96. The molecule has 0 spiro atoms. The summed E-state index contributed by atoms with van der Waals surface area (Å²) in [7, 11) is 0. The van der Waals surface area contributed by atoms with Gasteiger partial charge in [-0.15, -0.1) is 0 Å². The van der Waals surface area contributed by atoms with Crippen LogP contribution >= 0.6 is 23.2 Å². The van der Waals surface area contributed by atoms with E-state index in [9.17, 15) is 4.79 Å². The van der Waals surface area contributed by atoms with Gasteiger partial charge < -0.3 is 10.4 Å². The largest absolute Gasteiger partial charge is 0.478 e. The highest BCUT2D eigenvalue weighted by molar-refractivity contribution is 6.43. The monoisotopic (exact) mass is 295 g/mol. The lowest BCUT2D eigenvalue weighted by molar-refractivity contribution is 0.0697. The summed E-state index contributed by atoms with van der Waals surface area (Å²) in [5, 5.41) is 12.9. The summed E-state index contributed by atoms with van der Waals surface area (Å²) in [6.45, 7) is 0.542. The maximum absolute atomic E-state index is 10.7. The number of hydrogen-bond donors (Lipinski definition) is 2. The summed E-state index contributed by atoms with van der Waals surface area (Å²) in [6.07, 6.45) is 0. The lowest BCUT2D eigenvalue weighted by Gasteiger charge is -2.09. The SMILES string of the molecule is O=C(O)c1ccc(CNc2cccc(Cl)c2Cl)cc1. The fourth-order valence-electron chi connectivity index (χ4n) is 1.60. The van der Waals surface area contributed by atoms with Crippen LogP contribution in [0.3, 0.4) is 0 Å². The molecule has 0 saturated carbocycles. The van der Waals surface area contributed by atoms with E-state index in [4.69, 9.17) is 28.3 Å². The second kappa shape index (κ2) is 5.95. The van der Waals surface area contributed by atoms with Gasteiger partial charge in [-0.05, 0) is 29.8 Å². The van der Waals surface area contributed by atoms with Crippen molar-refractivity contribution in [2.45, 2.75) is 6.54 Å². The van der Waals surface area contributed by atoms with Crippen LogP contribution in [0.2, 0.25) is 10.0 Å². The van der Waals surface area contributed by atoms with Crippen molar-refractivity contribution in [2.75, 3.05) is 5.32 Å². The molecule has 0 atom stereocenters. The molecule has 0 aromatic heterocycles. The number of halogens is 2. The van der Waals surface area contributed by atoms with Crippen LogP contribution in [0.1, 0.15) is 15.9 Å². The van der Waals surface area contributed by atoms with Crippen molar-refractivity contribution in [3.8, 4) is 0 Å². The van der Waals surface area contributed by atoms with Gasteiger partial charge in [0.05, 0.1) is 21.3 Å². The van der Waals surface area contributed by atoms with Crippen LogP contribution in [0, 0.1) is 0 Å². The molecule has 0 aliphatic heterocycles. The van der Waals surface area contributed by atoms with Gasteiger partial charge in [-0.3, -0.25) is 0 Å². The van der Waals surface area contributed by atoms with Crippen LogP contribution in [-0.4, -0.2) is 11.1 Å². The molecule has 3 nitrogen and oxygen atoms in total. The first-order chi connectivity index (χ1) is 9.08. The number of anilines is 1. The Kier molecular flexibility index (Phi) is 4.30. The molecule has 5 heteroatoms. The van der Waals surface area contributed by atoms with Gasteiger partial charge in [-0.1, -0.05) is 41.4 Å². The smallest absolute Gasteiger partial charge is 0.335 e. The Hall–Kier alpha value is -1.71. The molecule has 2 aromatic carbocycles. The Morgan fingerprint density at radius 2 is 1.79 bits per heavy atom. The second-order valence-corrected chi connectivity index (χ2v) is 4.74. The van der Waals surface area contributed by atoms with Crippen LogP contribution in [0.25, 0.3) is 0 Å². The van der Waals surface area contributed by atoms with E-state index in [1.54, 1.807) is 30.3 Å². The average Bonchev–Trinajstić information content (AvgIpc) is 2.41. The van der Waals surface area contributed by atoms with Crippen molar-refractivity contribution >= 4 is 34.9 Å². The van der Waals surface area contributed by atoms with E-state index in [0.717, 1.165) is 11.3 Å². The molecule has 0 unspecified atom stereocenters. The van der Waals surface area contributed by atoms with E-state index in [1.807, 2.05) is 12.1 Å². The standard InChI is InChI=1S/C14H11Cl2NO2/c15-11-2-1-3-12(13(11)16)17-8-9-4-6-10(7-5-9)14(18)19/h1-7,17H,8H2,(H,18,19). The summed E-state index contributed by atoms with van der Waals surface area (Å²) in [5.74, 6) is -0.933. The number of aromatic carboxylic acids is 1. The molecule has 2 rings (SSSR count). The van der Waals surface area contributed by atoms with Crippen LogP contribution < -0.4 is 5.32 Å². The quantitative estimate of drug-likeness (QED) is 0.884. The normalized spacial score (nSPS) is 10.2. The third-order valence-electron chi connectivity index (χ3n) is 2.64. The highest BCUT2D eigenvalue weighted by Crippen LogP contribution is 2.29. The number of rotatable bonds is 4. The van der Waals surface area contributed by atoms with E-state index in [0.29, 0.717) is 16.6 Å². The summed E-state index contributed by atoms with van der Waals surface area (Å²) in [6, 6.07) is 12.0. The van der Waals surface area contributed by atoms with Crippen LogP contribution in [-0.2, 0) is 6.54 Å². The molecule has 0 aliphatic rings. The number of benzene rings is 2. The van der Waals surface area contributed by atoms with Crippen molar-refractivity contribution in [3.05, 3.63) is 63.6 Å². The topological polar surface area (TPSA) is 49.3 Å². The van der Waals surface area contributed by atoms with E-state index >= 15 is 0 Å². The van der Waals surface area contributed by atoms with Crippen LogP contribution in [0.4, 0.5) is 5.69 Å². The Morgan fingerprint density at radius 3 is 2.42 bits per heavy atom. The minimum Gasteiger partial charge on any atom is -0.478 e. The van der Waals surface area contributed by atoms with Crippen molar-refractivity contribution in [3.63, 3.8) is 0 Å². The number of carbonyl (C=O) groups is 1. The first kappa shape index (κ1) is 13.7. The summed E-state index contributed by atoms with van der Waals surface area (Å²) in [4.78, 5) is 10.7. The molecular weight excluding hydrogens is 285 g/mol. The summed E-state index contributed by atoms with van der Waals surface area (Å²) in [5.41, 5.74) is 1.97. The molecule has 0 aliphatic carbocycles. The molecule has 19 heavy (non-hydrogen) atoms. The van der Waals surface area contributed by atoms with Crippen molar-refractivity contribution in [1.82, 2.24) is 0 Å². The molecule has 0 radical (unpaired) electrons. The predicted molar refractivity (Wildman–Crippen MR) is 77.2 cm³/mol. The molecule has 2 aromatic rings. The van der Waals surface area contributed by atoms with E-state index in [-0.39, 0.29) is 5.56 Å². The van der Waals surface area contributed by atoms with Crippen LogP contribution in [0.15, 0.2) is 42.5 Å². The number of hydrogen-bond acceptors (Lipinski definition) is 2. The maximum atomic E-state index is 10.7. The summed E-state index contributed by atoms with van der Waals surface area (Å²) < 4.78 is 0. The van der Waals surface area contributed by atoms with Gasteiger partial charge in [-0.2, -0.15) is 0 Å². The molecule has 0 amide bonds. The minimum absolute atomic E-state index is 0.268. The van der Waals surface area contributed by atoms with Crippen LogP contribution in [0.5, 0.6) is 0 Å². The molecule has 98 valence electrons. The lowest BCUT2D eigenvalue weighted by Crippen LogP contribution is -2.01. The predicted octanol–water partition coefficient (Wildman–Crippen LogP) is 4.30. The van der Waals surface area contributed by atoms with Gasteiger partial charge in [0.15, 0.2) is 0 Å². The van der Waals surface area contributed by atoms with Gasteiger partial charge in [0, 0.05) is 6.54 Å². The fourth-order valence-corrected chi connectivity index (χ4v) is 1.97. The molecule has 0 saturated heterocycles. The maximum Gasteiger partial charge on any atom is 0.335 e. The van der Waals surface area contributed by atoms with E-state index < -0.39 is 5.97 Å². The summed E-state index contributed by atoms with van der Waals surface area (Å²) >= 11 is 12.0. The van der Waals surface area contributed by atoms with Gasteiger partial charge in [-0.25, -0.2) is 4.79 Å². The molecule has 0 fully saturated rings. The Labute approximate surface area is 120 Å². The zero-order valence-electron chi connectivity index (χ0n) is 9.86. The average molecular weight is 296 g/mol. The zero-order chi connectivity index (χ0) is 13.8. The molecule has 0 bridgehead atoms. The highest BCUT2D eigenvalue weighted by Gasteiger charge is 2.05. The van der Waals surface area contributed by atoms with Crippen molar-refractivity contribution in [1.29, 1.82) is 0 Å². The van der Waals surface area contributed by atoms with E-state index in [1.165, 1.54) is 0 Å². The fraction of sp³-hybridized carbons (Fsp3) is 0.0714.